The van der Waals surface area contributed by atoms with Crippen LogP contribution in [-0.2, 0) is 24.1 Å². The second-order valence-electron chi connectivity index (χ2n) is 5.60. The van der Waals surface area contributed by atoms with Gasteiger partial charge in [-0.05, 0) is 29.5 Å². The predicted molar refractivity (Wildman–Crippen MR) is 97.3 cm³/mol. The van der Waals surface area contributed by atoms with Gasteiger partial charge in [-0.2, -0.15) is 0 Å². The minimum Gasteiger partial charge on any atom is -0.299 e. The molecular formula is C21H30O. The quantitative estimate of drug-likeness (QED) is 0.687. The average Bonchev–Trinajstić information content (AvgIpc) is 2.56. The van der Waals surface area contributed by atoms with Crippen LogP contribution in [0.5, 0.6) is 0 Å². The van der Waals surface area contributed by atoms with Crippen molar-refractivity contribution in [2.45, 2.75) is 47.0 Å². The Morgan fingerprint density at radius 2 is 1.41 bits per heavy atom. The van der Waals surface area contributed by atoms with E-state index in [9.17, 15) is 4.79 Å². The Morgan fingerprint density at radius 3 is 2.05 bits per heavy atom. The van der Waals surface area contributed by atoms with Gasteiger partial charge in [-0.3, -0.25) is 4.79 Å². The van der Waals surface area contributed by atoms with Crippen molar-refractivity contribution in [3.8, 4) is 0 Å². The third kappa shape index (κ3) is 6.26. The minimum absolute atomic E-state index is 0. The Balaban J connectivity index is 0.00000155. The highest BCUT2D eigenvalue weighted by Gasteiger charge is 2.08. The fourth-order valence-electron chi connectivity index (χ4n) is 2.23. The molecule has 0 N–H and O–H groups in total. The molecule has 0 fully saturated rings. The van der Waals surface area contributed by atoms with Crippen LogP contribution in [0, 0.1) is 5.92 Å². The van der Waals surface area contributed by atoms with Gasteiger partial charge in [0, 0.05) is 13.8 Å². The zero-order valence-electron chi connectivity index (χ0n) is 14.3. The number of hydrogen-bond acceptors (Lipinski definition) is 1. The van der Waals surface area contributed by atoms with Gasteiger partial charge in [-0.1, -0.05) is 82.3 Å². The van der Waals surface area contributed by atoms with Crippen molar-refractivity contribution in [2.75, 3.05) is 0 Å². The lowest BCUT2D eigenvalue weighted by atomic mass is 9.97. The van der Waals surface area contributed by atoms with E-state index in [1.165, 1.54) is 11.1 Å². The number of benzene rings is 2. The van der Waals surface area contributed by atoms with Gasteiger partial charge in [0.1, 0.15) is 5.78 Å². The van der Waals surface area contributed by atoms with Gasteiger partial charge >= 0.3 is 0 Å². The summed E-state index contributed by atoms with van der Waals surface area (Å²) in [5, 5.41) is 0. The molecule has 0 atom stereocenters. The maximum Gasteiger partial charge on any atom is 0.139 e. The summed E-state index contributed by atoms with van der Waals surface area (Å²) >= 11 is 0. The number of hydrogen-bond donors (Lipinski definition) is 0. The number of aryl methyl sites for hydroxylation is 2. The molecule has 1 nitrogen and oxygen atoms in total. The third-order valence-electron chi connectivity index (χ3n) is 3.56. The molecule has 0 spiro atoms. The van der Waals surface area contributed by atoms with Gasteiger partial charge in [-0.25, -0.2) is 0 Å². The molecule has 0 aliphatic heterocycles. The van der Waals surface area contributed by atoms with Crippen LogP contribution < -0.4 is 0 Å². The fourth-order valence-corrected chi connectivity index (χ4v) is 2.23. The third-order valence-corrected chi connectivity index (χ3v) is 3.56. The van der Waals surface area contributed by atoms with Crippen LogP contribution in [0.25, 0.3) is 0 Å². The maximum atomic E-state index is 11.8. The monoisotopic (exact) mass is 298 g/mol. The summed E-state index contributed by atoms with van der Waals surface area (Å²) in [4.78, 5) is 11.8. The van der Waals surface area contributed by atoms with Gasteiger partial charge in [0.05, 0.1) is 0 Å². The summed E-state index contributed by atoms with van der Waals surface area (Å²) in [6.07, 6.45) is 2.62. The summed E-state index contributed by atoms with van der Waals surface area (Å²) in [5.74, 6) is 0.424. The Kier molecular flexibility index (Phi) is 8.21. The highest BCUT2D eigenvalue weighted by atomic mass is 16.1. The van der Waals surface area contributed by atoms with E-state index in [1.807, 2.05) is 39.8 Å². The van der Waals surface area contributed by atoms with E-state index < -0.39 is 0 Å². The van der Waals surface area contributed by atoms with Crippen molar-refractivity contribution in [1.82, 2.24) is 0 Å². The smallest absolute Gasteiger partial charge is 0.139 e. The molecule has 120 valence electrons. The van der Waals surface area contributed by atoms with E-state index in [-0.39, 0.29) is 7.34 Å². The van der Waals surface area contributed by atoms with Crippen LogP contribution in [-0.4, -0.2) is 5.78 Å². The van der Waals surface area contributed by atoms with Gasteiger partial charge in [-0.15, -0.1) is 0 Å². The highest BCUT2D eigenvalue weighted by molar-refractivity contribution is 5.82. The number of Topliss-reactive ketones (excluding diaryl/α,β-unsaturated/α-hetero) is 1. The molecule has 22 heavy (non-hydrogen) atoms. The predicted octanol–water partition coefficient (Wildman–Crippen LogP) is 5.51. The summed E-state index contributed by atoms with van der Waals surface area (Å²) in [6, 6.07) is 18.9. The summed E-state index contributed by atoms with van der Waals surface area (Å²) < 4.78 is 0. The van der Waals surface area contributed by atoms with Crippen LogP contribution in [0.4, 0.5) is 0 Å². The van der Waals surface area contributed by atoms with Crippen LogP contribution in [0.3, 0.4) is 0 Å². The summed E-state index contributed by atoms with van der Waals surface area (Å²) in [6.45, 7) is 7.92. The Hall–Kier alpha value is -1.89. The topological polar surface area (TPSA) is 17.1 Å². The number of carbonyl (C=O) groups excluding carboxylic acids is 1. The van der Waals surface area contributed by atoms with Crippen molar-refractivity contribution in [1.29, 1.82) is 0 Å². The van der Waals surface area contributed by atoms with Crippen molar-refractivity contribution in [3.63, 3.8) is 0 Å². The summed E-state index contributed by atoms with van der Waals surface area (Å²) in [5.41, 5.74) is 3.80. The van der Waals surface area contributed by atoms with Gasteiger partial charge in [0.15, 0.2) is 0 Å². The first-order valence-electron chi connectivity index (χ1n) is 8.29. The number of carbonyl (C=O) groups is 1. The fraction of sp³-hybridized carbons (Fsp3) is 0.381. The zero-order valence-corrected chi connectivity index (χ0v) is 14.3. The zero-order chi connectivity index (χ0) is 16.4. The molecule has 1 heteroatoms. The minimum atomic E-state index is 0. The first-order valence-corrected chi connectivity index (χ1v) is 8.29. The van der Waals surface area contributed by atoms with Crippen molar-refractivity contribution >= 4 is 5.78 Å². The van der Waals surface area contributed by atoms with Crippen molar-refractivity contribution < 1.29 is 6.22 Å². The standard InChI is InChI=1S/C19H22O.C2H6.H2/c1-15(2)19(20)14-18-10-6-9-17(13-18)12-11-16-7-4-3-5-8-16;1-2;/h3-10,13,15H,11-12,14H2,1-2H3;1-2H3;1H. The molecule has 0 aliphatic rings. The van der Waals surface area contributed by atoms with E-state index in [1.54, 1.807) is 0 Å². The molecule has 0 heterocycles. The lowest BCUT2D eigenvalue weighted by molar-refractivity contribution is -0.121. The average molecular weight is 298 g/mol. The molecule has 0 aliphatic carbocycles. The van der Waals surface area contributed by atoms with Crippen LogP contribution in [0.1, 0.15) is 45.8 Å². The van der Waals surface area contributed by atoms with E-state index in [2.05, 4.69) is 42.5 Å². The molecule has 0 radical (unpaired) electrons. The second-order valence-corrected chi connectivity index (χ2v) is 5.60. The van der Waals surface area contributed by atoms with Crippen LogP contribution in [0.15, 0.2) is 54.6 Å². The van der Waals surface area contributed by atoms with Crippen LogP contribution >= 0.6 is 0 Å². The lowest BCUT2D eigenvalue weighted by Crippen LogP contribution is -2.10. The normalized spacial score (nSPS) is 10.0. The van der Waals surface area contributed by atoms with Gasteiger partial charge in [0.25, 0.3) is 0 Å². The molecule has 0 saturated carbocycles. The molecule has 0 aromatic heterocycles. The molecule has 0 saturated heterocycles. The first kappa shape index (κ1) is 18.2. The molecule has 0 amide bonds. The molecule has 2 aromatic rings. The molecule has 2 rings (SSSR count). The number of rotatable bonds is 6. The van der Waals surface area contributed by atoms with Gasteiger partial charge in [0.2, 0.25) is 0 Å². The molecule has 0 unspecified atom stereocenters. The Labute approximate surface area is 136 Å². The Morgan fingerprint density at radius 1 is 0.864 bits per heavy atom. The SMILES string of the molecule is CC.CC(C)C(=O)Cc1cccc(CCc2ccccc2)c1.[HH]. The van der Waals surface area contributed by atoms with E-state index >= 15 is 0 Å². The van der Waals surface area contributed by atoms with E-state index in [4.69, 9.17) is 0 Å². The molecular weight excluding hydrogens is 268 g/mol. The Bertz CT molecular complexity index is 561. The second kappa shape index (κ2) is 9.94. The van der Waals surface area contributed by atoms with Gasteiger partial charge < -0.3 is 0 Å². The van der Waals surface area contributed by atoms with Crippen LogP contribution in [0.2, 0.25) is 0 Å². The van der Waals surface area contributed by atoms with E-state index in [0.29, 0.717) is 12.2 Å². The summed E-state index contributed by atoms with van der Waals surface area (Å²) in [7, 11) is 0. The highest BCUT2D eigenvalue weighted by Crippen LogP contribution is 2.12. The maximum absolute atomic E-state index is 11.8. The molecule has 0 bridgehead atoms. The van der Waals surface area contributed by atoms with E-state index in [0.717, 1.165) is 18.4 Å². The lowest BCUT2D eigenvalue weighted by Gasteiger charge is -2.07. The largest absolute Gasteiger partial charge is 0.299 e. The first-order chi connectivity index (χ1) is 10.6. The van der Waals surface area contributed by atoms with Crippen molar-refractivity contribution in [2.24, 2.45) is 5.92 Å². The molecule has 2 aromatic carbocycles. The number of ketones is 1. The van der Waals surface area contributed by atoms with Crippen molar-refractivity contribution in [3.05, 3.63) is 71.3 Å².